The van der Waals surface area contributed by atoms with E-state index in [4.69, 9.17) is 30.4 Å². The van der Waals surface area contributed by atoms with Crippen LogP contribution in [0.3, 0.4) is 0 Å². The second kappa shape index (κ2) is 7.40. The van der Waals surface area contributed by atoms with Crippen LogP contribution < -0.4 is 18.5 Å². The molecule has 0 saturated heterocycles. The first kappa shape index (κ1) is 16.5. The van der Waals surface area contributed by atoms with E-state index in [1.165, 1.54) is 14.2 Å². The Kier molecular flexibility index (Phi) is 5.55. The fraction of sp³-hybridized carbons (Fsp3) is 0.143. The molecule has 0 aliphatic heterocycles. The molecule has 0 spiro atoms. The summed E-state index contributed by atoms with van der Waals surface area (Å²) in [5.74, 6) is 1.78. The lowest BCUT2D eigenvalue weighted by Gasteiger charge is -2.16. The summed E-state index contributed by atoms with van der Waals surface area (Å²) >= 11 is 5.26. The zero-order chi connectivity index (χ0) is 16.0. The van der Waals surface area contributed by atoms with E-state index in [2.05, 4.69) is 4.08 Å². The van der Waals surface area contributed by atoms with Gasteiger partial charge in [-0.15, -0.1) is 0 Å². The lowest BCUT2D eigenvalue weighted by Crippen LogP contribution is -2.01. The number of benzene rings is 2. The van der Waals surface area contributed by atoms with Crippen LogP contribution in [0, 0.1) is 0 Å². The minimum Gasteiger partial charge on any atom is -0.497 e. The minimum absolute atomic E-state index is 0.262. The van der Waals surface area contributed by atoms with E-state index >= 15 is 0 Å². The van der Waals surface area contributed by atoms with Crippen LogP contribution in [0.5, 0.6) is 23.0 Å². The van der Waals surface area contributed by atoms with Crippen LogP contribution in [0.25, 0.3) is 0 Å². The van der Waals surface area contributed by atoms with Crippen molar-refractivity contribution in [2.45, 2.75) is 0 Å². The quantitative estimate of drug-likeness (QED) is 0.692. The highest BCUT2D eigenvalue weighted by molar-refractivity contribution is 7.50. The Balaban J connectivity index is 2.11. The van der Waals surface area contributed by atoms with Gasteiger partial charge in [0.05, 0.1) is 26.1 Å². The Bertz CT molecular complexity index is 590. The Labute approximate surface area is 133 Å². The van der Waals surface area contributed by atoms with E-state index in [-0.39, 0.29) is 11.5 Å². The summed E-state index contributed by atoms with van der Waals surface area (Å²) in [5.41, 5.74) is 0. The van der Waals surface area contributed by atoms with Crippen molar-refractivity contribution in [2.75, 3.05) is 14.2 Å². The third-order valence-electron chi connectivity index (χ3n) is 2.64. The maximum absolute atomic E-state index is 12.4. The highest BCUT2D eigenvalue weighted by atomic mass is 35.5. The van der Waals surface area contributed by atoms with Crippen LogP contribution in [0.2, 0.25) is 0 Å². The Morgan fingerprint density at radius 1 is 0.727 bits per heavy atom. The molecule has 2 aromatic rings. The van der Waals surface area contributed by atoms with Gasteiger partial charge >= 0.3 is 7.82 Å². The molecule has 6 nitrogen and oxygen atoms in total. The Morgan fingerprint density at radius 2 is 1.05 bits per heavy atom. The molecule has 0 radical (unpaired) electrons. The number of methoxy groups -OCH3 is 2. The van der Waals surface area contributed by atoms with Gasteiger partial charge in [0.2, 0.25) is 0 Å². The van der Waals surface area contributed by atoms with Crippen LogP contribution in [-0.4, -0.2) is 14.2 Å². The molecule has 2 aromatic carbocycles. The lowest BCUT2D eigenvalue weighted by atomic mass is 10.3. The second-order valence-corrected chi connectivity index (χ2v) is 5.86. The van der Waals surface area contributed by atoms with E-state index in [0.29, 0.717) is 11.5 Å². The maximum Gasteiger partial charge on any atom is 0.604 e. The first-order valence-corrected chi connectivity index (χ1v) is 7.93. The summed E-state index contributed by atoms with van der Waals surface area (Å²) in [6.07, 6.45) is 0. The van der Waals surface area contributed by atoms with Crippen molar-refractivity contribution in [3.05, 3.63) is 48.5 Å². The molecule has 0 unspecified atom stereocenters. The molecule has 0 heterocycles. The van der Waals surface area contributed by atoms with Crippen molar-refractivity contribution in [1.29, 1.82) is 0 Å². The van der Waals surface area contributed by atoms with Crippen molar-refractivity contribution in [3.8, 4) is 23.0 Å². The normalized spacial score (nSPS) is 10.9. The predicted molar refractivity (Wildman–Crippen MR) is 81.8 cm³/mol. The summed E-state index contributed by atoms with van der Waals surface area (Å²) in [5, 5.41) is 0. The molecular weight excluding hydrogens is 331 g/mol. The van der Waals surface area contributed by atoms with E-state index in [1.807, 2.05) is 0 Å². The summed E-state index contributed by atoms with van der Waals surface area (Å²) in [7, 11) is -0.933. The molecule has 0 fully saturated rings. The number of halogens is 1. The van der Waals surface area contributed by atoms with E-state index in [1.54, 1.807) is 48.5 Å². The van der Waals surface area contributed by atoms with Crippen molar-refractivity contribution in [3.63, 3.8) is 0 Å². The molecule has 0 aliphatic rings. The standard InChI is InChI=1S/C14H14ClO6P/c1-17-11-3-7-13(8-4-11)19-22(16,21-15)20-14-9-5-12(18-2)6-10-14/h3-10H,1-2H3. The van der Waals surface area contributed by atoms with E-state index in [0.717, 1.165) is 0 Å². The molecule has 0 amide bonds. The average Bonchev–Trinajstić information content (AvgIpc) is 2.56. The zero-order valence-corrected chi connectivity index (χ0v) is 13.5. The van der Waals surface area contributed by atoms with Crippen LogP contribution in [0.1, 0.15) is 0 Å². The third-order valence-corrected chi connectivity index (χ3v) is 4.18. The molecule has 22 heavy (non-hydrogen) atoms. The molecule has 0 N–H and O–H groups in total. The molecule has 0 atom stereocenters. The Morgan fingerprint density at radius 3 is 1.32 bits per heavy atom. The molecule has 0 bridgehead atoms. The number of hydrogen-bond donors (Lipinski definition) is 0. The monoisotopic (exact) mass is 344 g/mol. The zero-order valence-electron chi connectivity index (χ0n) is 11.9. The first-order valence-electron chi connectivity index (χ1n) is 6.16. The molecule has 2 rings (SSSR count). The summed E-state index contributed by atoms with van der Waals surface area (Å²) in [6, 6.07) is 12.8. The predicted octanol–water partition coefficient (Wildman–Crippen LogP) is 4.44. The van der Waals surface area contributed by atoms with Gasteiger partial charge in [-0.05, 0) is 48.5 Å². The number of rotatable bonds is 7. The first-order chi connectivity index (χ1) is 10.6. The number of ether oxygens (including phenoxy) is 2. The van der Waals surface area contributed by atoms with E-state index < -0.39 is 7.82 Å². The van der Waals surface area contributed by atoms with Crippen LogP contribution in [0.4, 0.5) is 0 Å². The summed E-state index contributed by atoms with van der Waals surface area (Å²) in [4.78, 5) is 0. The van der Waals surface area contributed by atoms with Crippen molar-refractivity contribution >= 4 is 19.7 Å². The lowest BCUT2D eigenvalue weighted by molar-refractivity contribution is 0.307. The van der Waals surface area contributed by atoms with Crippen LogP contribution in [0.15, 0.2) is 48.5 Å². The van der Waals surface area contributed by atoms with Crippen LogP contribution in [-0.2, 0) is 8.64 Å². The highest BCUT2D eigenvalue weighted by Gasteiger charge is 2.31. The molecular formula is C14H14ClO6P. The number of phosphoric ester groups is 1. The van der Waals surface area contributed by atoms with Gasteiger partial charge in [-0.2, -0.15) is 4.08 Å². The van der Waals surface area contributed by atoms with Gasteiger partial charge in [0, 0.05) is 0 Å². The fourth-order valence-corrected chi connectivity index (χ4v) is 2.60. The summed E-state index contributed by atoms with van der Waals surface area (Å²) in [6.45, 7) is 0. The Hall–Kier alpha value is -1.88. The topological polar surface area (TPSA) is 63.2 Å². The molecule has 0 aromatic heterocycles. The van der Waals surface area contributed by atoms with Crippen molar-refractivity contribution < 1.29 is 27.2 Å². The number of hydrogen-bond acceptors (Lipinski definition) is 6. The summed E-state index contributed by atoms with van der Waals surface area (Å²) < 4.78 is 37.2. The molecule has 118 valence electrons. The minimum atomic E-state index is -4.01. The van der Waals surface area contributed by atoms with Gasteiger partial charge in [0.1, 0.15) is 23.0 Å². The van der Waals surface area contributed by atoms with Gasteiger partial charge < -0.3 is 18.5 Å². The van der Waals surface area contributed by atoms with Gasteiger partial charge in [-0.25, -0.2) is 4.57 Å². The second-order valence-electron chi connectivity index (χ2n) is 4.05. The fourth-order valence-electron chi connectivity index (χ4n) is 1.58. The third kappa shape index (κ3) is 4.31. The highest BCUT2D eigenvalue weighted by Crippen LogP contribution is 2.50. The molecule has 0 aliphatic carbocycles. The average molecular weight is 345 g/mol. The van der Waals surface area contributed by atoms with Gasteiger partial charge in [-0.1, -0.05) is 0 Å². The van der Waals surface area contributed by atoms with E-state index in [9.17, 15) is 4.57 Å². The SMILES string of the molecule is COc1ccc(OP(=O)(OCl)Oc2ccc(OC)cc2)cc1. The molecule has 0 saturated carbocycles. The number of phosphoric acid groups is 1. The van der Waals surface area contributed by atoms with Crippen molar-refractivity contribution in [1.82, 2.24) is 0 Å². The maximum atomic E-state index is 12.4. The largest absolute Gasteiger partial charge is 0.604 e. The smallest absolute Gasteiger partial charge is 0.497 e. The van der Waals surface area contributed by atoms with Crippen molar-refractivity contribution in [2.24, 2.45) is 0 Å². The van der Waals surface area contributed by atoms with Gasteiger partial charge in [0.15, 0.2) is 0 Å². The van der Waals surface area contributed by atoms with Gasteiger partial charge in [-0.3, -0.25) is 0 Å². The van der Waals surface area contributed by atoms with Crippen LogP contribution >= 0.6 is 19.7 Å². The van der Waals surface area contributed by atoms with Gasteiger partial charge in [0.25, 0.3) is 0 Å². The molecule has 8 heteroatoms.